The Morgan fingerprint density at radius 2 is 1.30 bits per heavy atom. The van der Waals surface area contributed by atoms with E-state index in [2.05, 4.69) is 24.3 Å². The first-order valence-corrected chi connectivity index (χ1v) is 12.7. The Kier molecular flexibility index (Phi) is 3.42. The number of benzene rings is 2. The molecule has 4 nitrogen and oxygen atoms in total. The summed E-state index contributed by atoms with van der Waals surface area (Å²) < 4.78 is 0. The number of aliphatic hydroxyl groups excluding tert-OH is 1. The van der Waals surface area contributed by atoms with Gasteiger partial charge in [0.1, 0.15) is 0 Å². The molecule has 0 unspecified atom stereocenters. The molecule has 168 valence electrons. The third kappa shape index (κ3) is 2.01. The standard InChI is InChI=1S/C29H29NO3/c31-15-29-21-7-3-1-5-19(21)23(20-6-2-4-8-22(20)29)24-25(29)27(33)30(26(24)32)28-12-16-9-17(13-28)11-18(10-16)14-28/h1-8,16-18,23-25,31H,9-15H2/t16?,17?,18?,23?,24-,25+,28?,29?/m0/s1. The molecule has 2 aromatic carbocycles. The van der Waals surface area contributed by atoms with E-state index < -0.39 is 17.3 Å². The summed E-state index contributed by atoms with van der Waals surface area (Å²) in [4.78, 5) is 30.6. The van der Waals surface area contributed by atoms with Crippen LogP contribution in [0.3, 0.4) is 0 Å². The molecule has 4 heteroatoms. The third-order valence-electron chi connectivity index (χ3n) is 10.5. The van der Waals surface area contributed by atoms with Gasteiger partial charge in [-0.25, -0.2) is 0 Å². The summed E-state index contributed by atoms with van der Waals surface area (Å²) in [5, 5.41) is 11.0. The second-order valence-electron chi connectivity index (χ2n) is 11.9. The molecule has 4 saturated carbocycles. The smallest absolute Gasteiger partial charge is 0.234 e. The SMILES string of the molecule is O=C1[C@H]2C3c4ccccc4C(CO)(c4ccccc43)[C@H]2C(=O)N1C12CC3CC(CC(C3)C1)C2. The van der Waals surface area contributed by atoms with Crippen LogP contribution >= 0.6 is 0 Å². The van der Waals surface area contributed by atoms with Crippen molar-refractivity contribution in [2.75, 3.05) is 6.61 Å². The molecule has 7 aliphatic carbocycles. The molecule has 1 saturated heterocycles. The quantitative estimate of drug-likeness (QED) is 0.720. The molecule has 0 aromatic heterocycles. The Hall–Kier alpha value is -2.46. The summed E-state index contributed by atoms with van der Waals surface area (Å²) in [6.45, 7) is -0.150. The largest absolute Gasteiger partial charge is 0.395 e. The monoisotopic (exact) mass is 439 g/mol. The highest BCUT2D eigenvalue weighted by Gasteiger charge is 2.71. The summed E-state index contributed by atoms with van der Waals surface area (Å²) in [6.07, 6.45) is 6.82. The van der Waals surface area contributed by atoms with Crippen LogP contribution in [0.25, 0.3) is 0 Å². The first-order chi connectivity index (χ1) is 16.1. The van der Waals surface area contributed by atoms with Gasteiger partial charge in [-0.3, -0.25) is 14.5 Å². The van der Waals surface area contributed by atoms with E-state index in [4.69, 9.17) is 0 Å². The average molecular weight is 440 g/mol. The molecule has 1 heterocycles. The Morgan fingerprint density at radius 3 is 1.82 bits per heavy atom. The van der Waals surface area contributed by atoms with Crippen LogP contribution in [0.5, 0.6) is 0 Å². The van der Waals surface area contributed by atoms with E-state index in [1.807, 2.05) is 24.3 Å². The second-order valence-corrected chi connectivity index (χ2v) is 11.9. The van der Waals surface area contributed by atoms with E-state index in [1.54, 1.807) is 4.90 Å². The maximum Gasteiger partial charge on any atom is 0.234 e. The van der Waals surface area contributed by atoms with E-state index >= 15 is 0 Å². The van der Waals surface area contributed by atoms with Gasteiger partial charge < -0.3 is 5.11 Å². The number of aliphatic hydroxyl groups is 1. The fraction of sp³-hybridized carbons (Fsp3) is 0.517. The van der Waals surface area contributed by atoms with Crippen molar-refractivity contribution in [1.82, 2.24) is 4.90 Å². The highest BCUT2D eigenvalue weighted by Crippen LogP contribution is 2.66. The molecular formula is C29H29NO3. The van der Waals surface area contributed by atoms with Crippen molar-refractivity contribution in [3.05, 3.63) is 70.8 Å². The minimum atomic E-state index is -0.837. The van der Waals surface area contributed by atoms with Gasteiger partial charge >= 0.3 is 0 Å². The van der Waals surface area contributed by atoms with E-state index in [0.29, 0.717) is 17.8 Å². The fourth-order valence-corrected chi connectivity index (χ4v) is 10.0. The van der Waals surface area contributed by atoms with Crippen LogP contribution in [0.2, 0.25) is 0 Å². The highest BCUT2D eigenvalue weighted by molar-refractivity contribution is 6.09. The highest BCUT2D eigenvalue weighted by atomic mass is 16.3. The summed E-state index contributed by atoms with van der Waals surface area (Å²) in [6, 6.07) is 16.5. The van der Waals surface area contributed by atoms with Gasteiger partial charge in [0.15, 0.2) is 0 Å². The zero-order valence-corrected chi connectivity index (χ0v) is 18.7. The van der Waals surface area contributed by atoms with Gasteiger partial charge in [-0.1, -0.05) is 48.5 Å². The van der Waals surface area contributed by atoms with Gasteiger partial charge in [0, 0.05) is 5.92 Å². The molecule has 10 rings (SSSR count). The lowest BCUT2D eigenvalue weighted by atomic mass is 9.47. The van der Waals surface area contributed by atoms with Crippen molar-refractivity contribution in [2.45, 2.75) is 55.4 Å². The summed E-state index contributed by atoms with van der Waals surface area (Å²) in [5.41, 5.74) is 3.22. The molecule has 2 aromatic rings. The van der Waals surface area contributed by atoms with Gasteiger partial charge in [0.05, 0.1) is 29.4 Å². The minimum Gasteiger partial charge on any atom is -0.395 e. The molecule has 8 aliphatic rings. The molecule has 0 spiro atoms. The molecule has 2 atom stereocenters. The summed E-state index contributed by atoms with van der Waals surface area (Å²) in [5.74, 6) is 1.02. The maximum atomic E-state index is 14.4. The third-order valence-corrected chi connectivity index (χ3v) is 10.5. The van der Waals surface area contributed by atoms with Crippen molar-refractivity contribution >= 4 is 11.8 Å². The van der Waals surface area contributed by atoms with Crippen molar-refractivity contribution in [1.29, 1.82) is 0 Å². The molecule has 1 aliphatic heterocycles. The predicted octanol–water partition coefficient (Wildman–Crippen LogP) is 3.99. The molecular weight excluding hydrogens is 410 g/mol. The number of carbonyl (C=O) groups excluding carboxylic acids is 2. The number of nitrogens with zero attached hydrogens (tertiary/aromatic N) is 1. The Morgan fingerprint density at radius 1 is 0.788 bits per heavy atom. The lowest BCUT2D eigenvalue weighted by Crippen LogP contribution is -2.62. The van der Waals surface area contributed by atoms with Gasteiger partial charge in [-0.15, -0.1) is 0 Å². The first kappa shape index (κ1) is 18.9. The van der Waals surface area contributed by atoms with Crippen LogP contribution in [0.15, 0.2) is 48.5 Å². The van der Waals surface area contributed by atoms with Crippen molar-refractivity contribution in [2.24, 2.45) is 29.6 Å². The van der Waals surface area contributed by atoms with Crippen molar-refractivity contribution in [3.63, 3.8) is 0 Å². The summed E-state index contributed by atoms with van der Waals surface area (Å²) >= 11 is 0. The van der Waals surface area contributed by atoms with Crippen LogP contribution in [-0.4, -0.2) is 34.0 Å². The van der Waals surface area contributed by atoms with E-state index in [0.717, 1.165) is 41.5 Å². The lowest BCUT2D eigenvalue weighted by molar-refractivity contribution is -0.159. The number of carbonyl (C=O) groups is 2. The predicted molar refractivity (Wildman–Crippen MR) is 122 cm³/mol. The van der Waals surface area contributed by atoms with Crippen molar-refractivity contribution in [3.8, 4) is 0 Å². The fourth-order valence-electron chi connectivity index (χ4n) is 10.0. The van der Waals surface area contributed by atoms with Crippen molar-refractivity contribution < 1.29 is 14.7 Å². The zero-order valence-electron chi connectivity index (χ0n) is 18.7. The first-order valence-electron chi connectivity index (χ1n) is 12.7. The molecule has 1 N–H and O–H groups in total. The zero-order chi connectivity index (χ0) is 22.1. The normalized spacial score (nSPS) is 43.6. The Balaban J connectivity index is 1.35. The molecule has 5 fully saturated rings. The summed E-state index contributed by atoms with van der Waals surface area (Å²) in [7, 11) is 0. The Labute approximate surface area is 194 Å². The average Bonchev–Trinajstić information content (AvgIpc) is 3.10. The number of imide groups is 1. The van der Waals surface area contributed by atoms with Crippen LogP contribution < -0.4 is 0 Å². The molecule has 0 radical (unpaired) electrons. The van der Waals surface area contributed by atoms with Gasteiger partial charge in [-0.2, -0.15) is 0 Å². The van der Waals surface area contributed by atoms with E-state index in [9.17, 15) is 14.7 Å². The Bertz CT molecular complexity index is 1150. The number of amides is 2. The number of hydrogen-bond acceptors (Lipinski definition) is 3. The topological polar surface area (TPSA) is 57.6 Å². The number of rotatable bonds is 2. The maximum absolute atomic E-state index is 14.4. The van der Waals surface area contributed by atoms with E-state index in [1.165, 1.54) is 19.3 Å². The van der Waals surface area contributed by atoms with Crippen LogP contribution in [0.1, 0.15) is 66.7 Å². The minimum absolute atomic E-state index is 0.00462. The molecule has 6 bridgehead atoms. The van der Waals surface area contributed by atoms with Gasteiger partial charge in [-0.05, 0) is 78.5 Å². The van der Waals surface area contributed by atoms with Crippen LogP contribution in [0.4, 0.5) is 0 Å². The number of likely N-dealkylation sites (tertiary alicyclic amines) is 1. The lowest BCUT2D eigenvalue weighted by Gasteiger charge is -2.59. The molecule has 33 heavy (non-hydrogen) atoms. The number of hydrogen-bond donors (Lipinski definition) is 1. The van der Waals surface area contributed by atoms with E-state index in [-0.39, 0.29) is 29.9 Å². The second kappa shape index (κ2) is 5.96. The van der Waals surface area contributed by atoms with Crippen LogP contribution in [-0.2, 0) is 15.0 Å². The van der Waals surface area contributed by atoms with Crippen LogP contribution in [0, 0.1) is 29.6 Å². The van der Waals surface area contributed by atoms with Gasteiger partial charge in [0.2, 0.25) is 11.8 Å². The van der Waals surface area contributed by atoms with Gasteiger partial charge in [0.25, 0.3) is 0 Å². The molecule has 2 amide bonds.